The van der Waals surface area contributed by atoms with E-state index in [4.69, 9.17) is 11.6 Å². The van der Waals surface area contributed by atoms with Gasteiger partial charge in [0.1, 0.15) is 11.5 Å². The van der Waals surface area contributed by atoms with E-state index in [-0.39, 0.29) is 0 Å². The van der Waals surface area contributed by atoms with Crippen LogP contribution >= 0.6 is 11.6 Å². The summed E-state index contributed by atoms with van der Waals surface area (Å²) >= 11 is 6.18. The van der Waals surface area contributed by atoms with Gasteiger partial charge in [-0.05, 0) is 79.1 Å². The zero-order valence-electron chi connectivity index (χ0n) is 17.1. The van der Waals surface area contributed by atoms with Gasteiger partial charge in [0.2, 0.25) is 0 Å². The Morgan fingerprint density at radius 2 is 1.80 bits per heavy atom. The third kappa shape index (κ3) is 5.16. The van der Waals surface area contributed by atoms with E-state index < -0.39 is 0 Å². The minimum absolute atomic E-state index is 0.334. The van der Waals surface area contributed by atoms with Gasteiger partial charge < -0.3 is 10.2 Å². The summed E-state index contributed by atoms with van der Waals surface area (Å²) in [6, 6.07) is 21.8. The smallest absolute Gasteiger partial charge is 0.120 e. The molecule has 0 bridgehead atoms. The van der Waals surface area contributed by atoms with Gasteiger partial charge in [-0.15, -0.1) is 0 Å². The predicted molar refractivity (Wildman–Crippen MR) is 122 cm³/mol. The summed E-state index contributed by atoms with van der Waals surface area (Å²) in [6.07, 6.45) is 5.07. The number of phenols is 2. The van der Waals surface area contributed by atoms with E-state index in [1.54, 1.807) is 12.1 Å². The summed E-state index contributed by atoms with van der Waals surface area (Å²) in [6.45, 7) is 1.58. The molecule has 4 heteroatoms. The predicted octanol–water partition coefficient (Wildman–Crippen LogP) is 5.74. The van der Waals surface area contributed by atoms with Crippen molar-refractivity contribution in [3.05, 3.63) is 94.0 Å². The van der Waals surface area contributed by atoms with E-state index in [2.05, 4.69) is 17.0 Å². The maximum absolute atomic E-state index is 10.4. The van der Waals surface area contributed by atoms with Gasteiger partial charge in [0.15, 0.2) is 0 Å². The first-order valence-corrected chi connectivity index (χ1v) is 11.0. The molecule has 0 fully saturated rings. The quantitative estimate of drug-likeness (QED) is 0.498. The number of hydrogen-bond donors (Lipinski definition) is 2. The normalized spacial score (nSPS) is 16.3. The van der Waals surface area contributed by atoms with Crippen molar-refractivity contribution in [2.75, 3.05) is 6.54 Å². The van der Waals surface area contributed by atoms with E-state index in [9.17, 15) is 10.2 Å². The van der Waals surface area contributed by atoms with E-state index in [0.29, 0.717) is 24.1 Å². The number of hydrogen-bond acceptors (Lipinski definition) is 3. The lowest BCUT2D eigenvalue weighted by atomic mass is 9.99. The molecule has 4 rings (SSSR count). The van der Waals surface area contributed by atoms with E-state index in [1.807, 2.05) is 42.5 Å². The van der Waals surface area contributed by atoms with Crippen LogP contribution in [-0.2, 0) is 25.8 Å². The zero-order valence-corrected chi connectivity index (χ0v) is 17.9. The molecule has 0 saturated heterocycles. The molecule has 0 radical (unpaired) electrons. The summed E-state index contributed by atoms with van der Waals surface area (Å²) in [5.41, 5.74) is 4.75. The van der Waals surface area contributed by atoms with E-state index in [1.165, 1.54) is 16.7 Å². The first-order valence-electron chi connectivity index (χ1n) is 10.6. The summed E-state index contributed by atoms with van der Waals surface area (Å²) < 4.78 is 0. The molecule has 2 N–H and O–H groups in total. The van der Waals surface area contributed by atoms with Gasteiger partial charge in [0.25, 0.3) is 0 Å². The van der Waals surface area contributed by atoms with Gasteiger partial charge >= 0.3 is 0 Å². The topological polar surface area (TPSA) is 43.7 Å². The van der Waals surface area contributed by atoms with Gasteiger partial charge in [0, 0.05) is 29.7 Å². The third-order valence-electron chi connectivity index (χ3n) is 6.09. The highest BCUT2D eigenvalue weighted by molar-refractivity contribution is 6.30. The highest BCUT2D eigenvalue weighted by Crippen LogP contribution is 2.29. The summed E-state index contributed by atoms with van der Waals surface area (Å²) in [4.78, 5) is 2.48. The molecular weight excluding hydrogens is 394 g/mol. The fourth-order valence-electron chi connectivity index (χ4n) is 4.46. The number of nitrogens with zero attached hydrogens (tertiary/aromatic N) is 1. The largest absolute Gasteiger partial charge is 0.508 e. The van der Waals surface area contributed by atoms with Crippen LogP contribution in [0.3, 0.4) is 0 Å². The Morgan fingerprint density at radius 3 is 2.63 bits per heavy atom. The van der Waals surface area contributed by atoms with Crippen LogP contribution in [0.5, 0.6) is 11.5 Å². The highest BCUT2D eigenvalue weighted by atomic mass is 35.5. The van der Waals surface area contributed by atoms with Gasteiger partial charge in [-0.1, -0.05) is 48.0 Å². The minimum atomic E-state index is 0.334. The molecule has 1 unspecified atom stereocenters. The number of aryl methyl sites for hydroxylation is 1. The van der Waals surface area contributed by atoms with Gasteiger partial charge in [0.05, 0.1) is 0 Å². The highest BCUT2D eigenvalue weighted by Gasteiger charge is 2.24. The molecule has 0 heterocycles. The Hall–Kier alpha value is -2.49. The molecule has 3 aromatic carbocycles. The van der Waals surface area contributed by atoms with Crippen molar-refractivity contribution in [3.8, 4) is 11.5 Å². The number of aromatic hydroxyl groups is 2. The van der Waals surface area contributed by atoms with Crippen LogP contribution in [0, 0.1) is 0 Å². The lowest BCUT2D eigenvalue weighted by molar-refractivity contribution is 0.176. The molecule has 0 amide bonds. The lowest BCUT2D eigenvalue weighted by Crippen LogP contribution is -2.37. The zero-order chi connectivity index (χ0) is 20.9. The molecule has 0 aromatic heterocycles. The Kier molecular flexibility index (Phi) is 6.61. The van der Waals surface area contributed by atoms with Gasteiger partial charge in [-0.2, -0.15) is 0 Å². The number of halogens is 1. The maximum atomic E-state index is 10.4. The minimum Gasteiger partial charge on any atom is -0.508 e. The molecule has 0 saturated carbocycles. The second-order valence-corrected chi connectivity index (χ2v) is 8.62. The second-order valence-electron chi connectivity index (χ2n) is 8.18. The number of benzene rings is 3. The Labute approximate surface area is 183 Å². The molecule has 156 valence electrons. The van der Waals surface area contributed by atoms with Crippen molar-refractivity contribution in [2.24, 2.45) is 0 Å². The molecule has 30 heavy (non-hydrogen) atoms. The first-order chi connectivity index (χ1) is 14.6. The fourth-order valence-corrected chi connectivity index (χ4v) is 4.67. The van der Waals surface area contributed by atoms with Crippen molar-refractivity contribution < 1.29 is 10.2 Å². The van der Waals surface area contributed by atoms with E-state index >= 15 is 0 Å². The Balaban J connectivity index is 1.57. The van der Waals surface area contributed by atoms with Crippen molar-refractivity contribution in [2.45, 2.75) is 44.7 Å². The van der Waals surface area contributed by atoms with Crippen LogP contribution in [0.1, 0.15) is 35.1 Å². The third-order valence-corrected chi connectivity index (χ3v) is 6.32. The SMILES string of the molecule is Oc1ccc2c(c1)CC(N(CCc1cccc(Cl)c1)Cc1ccccc1O)CCC2. The first kappa shape index (κ1) is 20.8. The van der Waals surface area contributed by atoms with Crippen molar-refractivity contribution in [1.82, 2.24) is 4.90 Å². The molecule has 3 aromatic rings. The average molecular weight is 422 g/mol. The summed E-state index contributed by atoms with van der Waals surface area (Å²) in [5, 5.41) is 21.1. The number of phenolic OH excluding ortho intramolecular Hbond substituents is 2. The lowest BCUT2D eigenvalue weighted by Gasteiger charge is -2.32. The van der Waals surface area contributed by atoms with Crippen molar-refractivity contribution >= 4 is 11.6 Å². The summed E-state index contributed by atoms with van der Waals surface area (Å²) in [5.74, 6) is 0.678. The van der Waals surface area contributed by atoms with Gasteiger partial charge in [-0.3, -0.25) is 4.90 Å². The molecule has 1 atom stereocenters. The van der Waals surface area contributed by atoms with Crippen LogP contribution in [0.4, 0.5) is 0 Å². The maximum Gasteiger partial charge on any atom is 0.120 e. The standard InChI is InChI=1S/C26H28ClNO2/c27-23-8-3-5-19(15-23)13-14-28(18-21-6-1-2-10-26(21)30)24-9-4-7-20-11-12-25(29)17-22(20)16-24/h1-3,5-6,8,10-12,15,17,24,29-30H,4,7,9,13-14,16,18H2. The Bertz CT molecular complexity index is 1000. The monoisotopic (exact) mass is 421 g/mol. The number of fused-ring (bicyclic) bond motifs is 1. The van der Waals surface area contributed by atoms with Crippen LogP contribution in [0.15, 0.2) is 66.7 Å². The fraction of sp³-hybridized carbons (Fsp3) is 0.308. The van der Waals surface area contributed by atoms with Gasteiger partial charge in [-0.25, -0.2) is 0 Å². The van der Waals surface area contributed by atoms with Crippen LogP contribution < -0.4 is 0 Å². The second kappa shape index (κ2) is 9.55. The molecule has 1 aliphatic carbocycles. The number of para-hydroxylation sites is 1. The molecular formula is C26H28ClNO2. The molecule has 0 spiro atoms. The molecule has 1 aliphatic rings. The molecule has 3 nitrogen and oxygen atoms in total. The van der Waals surface area contributed by atoms with Crippen molar-refractivity contribution in [3.63, 3.8) is 0 Å². The van der Waals surface area contributed by atoms with Crippen LogP contribution in [-0.4, -0.2) is 27.7 Å². The summed E-state index contributed by atoms with van der Waals surface area (Å²) in [7, 11) is 0. The van der Waals surface area contributed by atoms with E-state index in [0.717, 1.165) is 49.2 Å². The number of rotatable bonds is 6. The van der Waals surface area contributed by atoms with Crippen LogP contribution in [0.2, 0.25) is 5.02 Å². The average Bonchev–Trinajstić information content (AvgIpc) is 2.94. The van der Waals surface area contributed by atoms with Crippen molar-refractivity contribution in [1.29, 1.82) is 0 Å². The van der Waals surface area contributed by atoms with Crippen LogP contribution in [0.25, 0.3) is 0 Å². The molecule has 0 aliphatic heterocycles. The Morgan fingerprint density at radius 1 is 0.933 bits per heavy atom.